The van der Waals surface area contributed by atoms with Gasteiger partial charge in [-0.1, -0.05) is 6.92 Å². The van der Waals surface area contributed by atoms with Gasteiger partial charge in [0.1, 0.15) is 5.78 Å². The minimum Gasteiger partial charge on any atom is -0.299 e. The lowest BCUT2D eigenvalue weighted by Crippen LogP contribution is -2.18. The summed E-state index contributed by atoms with van der Waals surface area (Å²) in [6.07, 6.45) is 2.56. The summed E-state index contributed by atoms with van der Waals surface area (Å²) in [5, 5.41) is 4.49. The van der Waals surface area contributed by atoms with Crippen LogP contribution in [0.2, 0.25) is 0 Å². The Hall–Kier alpha value is -0.770. The van der Waals surface area contributed by atoms with Crippen LogP contribution in [0.25, 0.3) is 0 Å². The number of hydrogen-bond acceptors (Lipinski definition) is 3. The monoisotopic (exact) mass is 252 g/mol. The van der Waals surface area contributed by atoms with Crippen LogP contribution < -0.4 is 0 Å². The first kappa shape index (κ1) is 12.7. The van der Waals surface area contributed by atoms with E-state index in [4.69, 9.17) is 0 Å². The van der Waals surface area contributed by atoms with Gasteiger partial charge in [-0.25, -0.2) is 0 Å². The molecular formula is C13H20N2OS. The second kappa shape index (κ2) is 5.71. The van der Waals surface area contributed by atoms with Crippen LogP contribution in [0.5, 0.6) is 0 Å². The summed E-state index contributed by atoms with van der Waals surface area (Å²) < 4.78 is 1.97. The standard InChI is InChI=1S/C13H20N2OS/c1-3-11-7-12(15(4-2)14-11)8-13(16)10-5-6-17-9-10/h7,10H,3-6,8-9H2,1-2H3. The van der Waals surface area contributed by atoms with Crippen molar-refractivity contribution in [2.45, 2.75) is 39.7 Å². The van der Waals surface area contributed by atoms with Crippen LogP contribution in [0.4, 0.5) is 0 Å². The number of ketones is 1. The van der Waals surface area contributed by atoms with Gasteiger partial charge >= 0.3 is 0 Å². The van der Waals surface area contributed by atoms with Crippen LogP contribution in [-0.4, -0.2) is 27.1 Å². The smallest absolute Gasteiger partial charge is 0.142 e. The molecule has 1 saturated heterocycles. The number of thioether (sulfide) groups is 1. The lowest BCUT2D eigenvalue weighted by Gasteiger charge is -2.08. The van der Waals surface area contributed by atoms with E-state index in [2.05, 4.69) is 25.0 Å². The maximum atomic E-state index is 12.1. The molecule has 0 saturated carbocycles. The minimum absolute atomic E-state index is 0.283. The molecule has 1 unspecified atom stereocenters. The molecule has 3 nitrogen and oxygen atoms in total. The van der Waals surface area contributed by atoms with Crippen molar-refractivity contribution < 1.29 is 4.79 Å². The summed E-state index contributed by atoms with van der Waals surface area (Å²) in [4.78, 5) is 12.1. The zero-order chi connectivity index (χ0) is 12.3. The largest absolute Gasteiger partial charge is 0.299 e. The van der Waals surface area contributed by atoms with Crippen molar-refractivity contribution in [3.8, 4) is 0 Å². The van der Waals surface area contributed by atoms with Gasteiger partial charge in [0.15, 0.2) is 0 Å². The molecule has 0 spiro atoms. The molecule has 94 valence electrons. The van der Waals surface area contributed by atoms with Gasteiger partial charge < -0.3 is 0 Å². The average Bonchev–Trinajstić information content (AvgIpc) is 2.97. The molecule has 0 bridgehead atoms. The summed E-state index contributed by atoms with van der Waals surface area (Å²) >= 11 is 1.90. The molecule has 1 aromatic heterocycles. The fraction of sp³-hybridized carbons (Fsp3) is 0.692. The Morgan fingerprint density at radius 1 is 1.59 bits per heavy atom. The first-order chi connectivity index (χ1) is 8.24. The summed E-state index contributed by atoms with van der Waals surface area (Å²) in [7, 11) is 0. The second-order valence-electron chi connectivity index (χ2n) is 4.50. The number of aromatic nitrogens is 2. The first-order valence-corrected chi connectivity index (χ1v) is 7.56. The molecule has 4 heteroatoms. The van der Waals surface area contributed by atoms with E-state index in [1.54, 1.807) is 0 Å². The average molecular weight is 252 g/mol. The molecule has 17 heavy (non-hydrogen) atoms. The number of hydrogen-bond donors (Lipinski definition) is 0. The molecule has 0 amide bonds. The van der Waals surface area contributed by atoms with Gasteiger partial charge in [0.05, 0.1) is 5.69 Å². The molecule has 0 radical (unpaired) electrons. The summed E-state index contributed by atoms with van der Waals surface area (Å²) in [6, 6.07) is 2.09. The molecule has 1 fully saturated rings. The molecule has 0 N–H and O–H groups in total. The third-order valence-corrected chi connectivity index (χ3v) is 4.48. The van der Waals surface area contributed by atoms with Crippen molar-refractivity contribution >= 4 is 17.5 Å². The number of Topliss-reactive ketones (excluding diaryl/α,β-unsaturated/α-hetero) is 1. The maximum Gasteiger partial charge on any atom is 0.142 e. The van der Waals surface area contributed by atoms with Gasteiger partial charge in [0, 0.05) is 30.3 Å². The topological polar surface area (TPSA) is 34.9 Å². The van der Waals surface area contributed by atoms with E-state index in [-0.39, 0.29) is 5.92 Å². The quantitative estimate of drug-likeness (QED) is 0.806. The number of carbonyl (C=O) groups is 1. The Morgan fingerprint density at radius 3 is 3.00 bits per heavy atom. The Labute approximate surface area is 107 Å². The molecule has 1 aromatic rings. The molecular weight excluding hydrogens is 232 g/mol. The van der Waals surface area contributed by atoms with Crippen LogP contribution in [0, 0.1) is 5.92 Å². The molecule has 0 aliphatic carbocycles. The number of nitrogens with zero attached hydrogens (tertiary/aromatic N) is 2. The van der Waals surface area contributed by atoms with E-state index in [0.717, 1.165) is 42.3 Å². The Bertz CT molecular complexity index is 394. The normalized spacial score (nSPS) is 19.8. The number of aryl methyl sites for hydroxylation is 2. The van der Waals surface area contributed by atoms with E-state index in [0.29, 0.717) is 12.2 Å². The lowest BCUT2D eigenvalue weighted by atomic mass is 10.00. The Balaban J connectivity index is 2.06. The Kier molecular flexibility index (Phi) is 4.26. The first-order valence-electron chi connectivity index (χ1n) is 6.40. The highest BCUT2D eigenvalue weighted by Gasteiger charge is 2.24. The van der Waals surface area contributed by atoms with Crippen LogP contribution in [0.15, 0.2) is 6.07 Å². The zero-order valence-corrected chi connectivity index (χ0v) is 11.4. The third-order valence-electron chi connectivity index (χ3n) is 3.32. The highest BCUT2D eigenvalue weighted by atomic mass is 32.2. The molecule has 0 aromatic carbocycles. The van der Waals surface area contributed by atoms with Gasteiger partial charge in [-0.2, -0.15) is 16.9 Å². The molecule has 1 atom stereocenters. The van der Waals surface area contributed by atoms with Crippen LogP contribution in [-0.2, 0) is 24.2 Å². The lowest BCUT2D eigenvalue weighted by molar-refractivity contribution is -0.121. The van der Waals surface area contributed by atoms with Crippen LogP contribution in [0.3, 0.4) is 0 Å². The van der Waals surface area contributed by atoms with E-state index in [9.17, 15) is 4.79 Å². The SMILES string of the molecule is CCc1cc(CC(=O)C2CCSC2)n(CC)n1. The fourth-order valence-corrected chi connectivity index (χ4v) is 3.47. The van der Waals surface area contributed by atoms with Gasteiger partial charge in [0.25, 0.3) is 0 Å². The molecule has 2 heterocycles. The highest BCUT2D eigenvalue weighted by molar-refractivity contribution is 7.99. The predicted molar refractivity (Wildman–Crippen MR) is 71.4 cm³/mol. The van der Waals surface area contributed by atoms with Crippen molar-refractivity contribution in [1.82, 2.24) is 9.78 Å². The highest BCUT2D eigenvalue weighted by Crippen LogP contribution is 2.25. The van der Waals surface area contributed by atoms with E-state index in [1.165, 1.54) is 0 Å². The molecule has 2 rings (SSSR count). The molecule has 1 aliphatic heterocycles. The van der Waals surface area contributed by atoms with Crippen LogP contribution >= 0.6 is 11.8 Å². The van der Waals surface area contributed by atoms with Crippen molar-refractivity contribution in [1.29, 1.82) is 0 Å². The third kappa shape index (κ3) is 2.92. The molecule has 1 aliphatic rings. The van der Waals surface area contributed by atoms with Gasteiger partial charge in [-0.05, 0) is 31.6 Å². The van der Waals surface area contributed by atoms with Gasteiger partial charge in [-0.15, -0.1) is 0 Å². The summed E-state index contributed by atoms with van der Waals surface area (Å²) in [6.45, 7) is 5.02. The fourth-order valence-electron chi connectivity index (χ4n) is 2.22. The van der Waals surface area contributed by atoms with Crippen molar-refractivity contribution in [2.75, 3.05) is 11.5 Å². The summed E-state index contributed by atoms with van der Waals surface area (Å²) in [5.41, 5.74) is 2.18. The summed E-state index contributed by atoms with van der Waals surface area (Å²) in [5.74, 6) is 2.83. The number of carbonyl (C=O) groups excluding carboxylic acids is 1. The van der Waals surface area contributed by atoms with Crippen molar-refractivity contribution in [3.05, 3.63) is 17.5 Å². The predicted octanol–water partition coefficient (Wildman–Crippen LogP) is 2.33. The van der Waals surface area contributed by atoms with E-state index in [1.807, 2.05) is 16.4 Å². The Morgan fingerprint density at radius 2 is 2.41 bits per heavy atom. The van der Waals surface area contributed by atoms with Crippen molar-refractivity contribution in [2.24, 2.45) is 5.92 Å². The zero-order valence-electron chi connectivity index (χ0n) is 10.6. The van der Waals surface area contributed by atoms with Gasteiger partial charge in [0.2, 0.25) is 0 Å². The maximum absolute atomic E-state index is 12.1. The van der Waals surface area contributed by atoms with Crippen molar-refractivity contribution in [3.63, 3.8) is 0 Å². The van der Waals surface area contributed by atoms with Crippen LogP contribution in [0.1, 0.15) is 31.7 Å². The van der Waals surface area contributed by atoms with Gasteiger partial charge in [-0.3, -0.25) is 9.48 Å². The minimum atomic E-state index is 0.283. The number of rotatable bonds is 5. The van der Waals surface area contributed by atoms with E-state index >= 15 is 0 Å². The van der Waals surface area contributed by atoms with E-state index < -0.39 is 0 Å². The second-order valence-corrected chi connectivity index (χ2v) is 5.65.